The molecule has 0 saturated heterocycles. The second-order valence-electron chi connectivity index (χ2n) is 5.48. The van der Waals surface area contributed by atoms with Crippen LogP contribution in [0.25, 0.3) is 0 Å². The van der Waals surface area contributed by atoms with Gasteiger partial charge in [-0.1, -0.05) is 35.4 Å². The van der Waals surface area contributed by atoms with Gasteiger partial charge in [-0.3, -0.25) is 4.79 Å². The lowest BCUT2D eigenvalue weighted by atomic mass is 10.1. The van der Waals surface area contributed by atoms with Crippen LogP contribution in [0, 0.1) is 20.8 Å². The first-order valence-corrected chi connectivity index (χ1v) is 7.55. The summed E-state index contributed by atoms with van der Waals surface area (Å²) in [5.74, 6) is 0.509. The van der Waals surface area contributed by atoms with Gasteiger partial charge in [-0.25, -0.2) is 0 Å². The molecule has 0 heterocycles. The Morgan fingerprint density at radius 3 is 2.45 bits per heavy atom. The third-order valence-corrected chi connectivity index (χ3v) is 3.85. The number of carbonyl (C=O) groups excluding carboxylic acids is 1. The summed E-state index contributed by atoms with van der Waals surface area (Å²) in [6, 6.07) is 11.3. The highest BCUT2D eigenvalue weighted by Gasteiger charge is 2.16. The van der Waals surface area contributed by atoms with Gasteiger partial charge in [0.25, 0.3) is 5.91 Å². The van der Waals surface area contributed by atoms with Gasteiger partial charge in [-0.2, -0.15) is 0 Å². The van der Waals surface area contributed by atoms with E-state index in [9.17, 15) is 4.79 Å². The molecule has 22 heavy (non-hydrogen) atoms. The Morgan fingerprint density at radius 1 is 1.09 bits per heavy atom. The predicted molar refractivity (Wildman–Crippen MR) is 90.8 cm³/mol. The smallest absolute Gasteiger partial charge is 0.265 e. The summed E-state index contributed by atoms with van der Waals surface area (Å²) in [5, 5.41) is 3.44. The normalized spacial score (nSPS) is 11.9. The SMILES string of the molecule is Cc1ccc(OC(C)C(=O)Nc2ccc(C)c(Cl)c2)c(C)c1. The van der Waals surface area contributed by atoms with Crippen LogP contribution in [0.3, 0.4) is 0 Å². The largest absolute Gasteiger partial charge is 0.481 e. The quantitative estimate of drug-likeness (QED) is 0.889. The van der Waals surface area contributed by atoms with Crippen molar-refractivity contribution in [1.29, 1.82) is 0 Å². The zero-order chi connectivity index (χ0) is 16.3. The molecule has 1 atom stereocenters. The topological polar surface area (TPSA) is 38.3 Å². The van der Waals surface area contributed by atoms with Gasteiger partial charge in [-0.05, 0) is 57.0 Å². The third kappa shape index (κ3) is 4.01. The van der Waals surface area contributed by atoms with Crippen LogP contribution in [-0.4, -0.2) is 12.0 Å². The number of hydrogen-bond donors (Lipinski definition) is 1. The minimum Gasteiger partial charge on any atom is -0.481 e. The fourth-order valence-electron chi connectivity index (χ4n) is 2.09. The van der Waals surface area contributed by atoms with E-state index in [1.165, 1.54) is 0 Å². The molecular weight excluding hydrogens is 298 g/mol. The maximum atomic E-state index is 12.2. The van der Waals surface area contributed by atoms with Crippen molar-refractivity contribution in [1.82, 2.24) is 0 Å². The molecule has 3 nitrogen and oxygen atoms in total. The van der Waals surface area contributed by atoms with E-state index < -0.39 is 6.10 Å². The Hall–Kier alpha value is -2.00. The van der Waals surface area contributed by atoms with E-state index in [1.54, 1.807) is 13.0 Å². The van der Waals surface area contributed by atoms with Crippen LogP contribution < -0.4 is 10.1 Å². The van der Waals surface area contributed by atoms with E-state index in [0.717, 1.165) is 22.4 Å². The average Bonchev–Trinajstić information content (AvgIpc) is 2.45. The van der Waals surface area contributed by atoms with Crippen molar-refractivity contribution in [2.24, 2.45) is 0 Å². The fourth-order valence-corrected chi connectivity index (χ4v) is 2.27. The Morgan fingerprint density at radius 2 is 1.82 bits per heavy atom. The van der Waals surface area contributed by atoms with E-state index in [0.29, 0.717) is 10.7 Å². The molecule has 0 radical (unpaired) electrons. The Labute approximate surface area is 136 Å². The van der Waals surface area contributed by atoms with E-state index >= 15 is 0 Å². The molecule has 1 amide bonds. The van der Waals surface area contributed by atoms with Gasteiger partial charge in [0, 0.05) is 10.7 Å². The Balaban J connectivity index is 2.04. The summed E-state index contributed by atoms with van der Waals surface area (Å²) in [6.07, 6.45) is -0.596. The first-order valence-electron chi connectivity index (χ1n) is 7.18. The summed E-state index contributed by atoms with van der Waals surface area (Å²) in [4.78, 5) is 12.2. The molecule has 0 aliphatic rings. The molecule has 0 bridgehead atoms. The highest BCUT2D eigenvalue weighted by Crippen LogP contribution is 2.22. The predicted octanol–water partition coefficient (Wildman–Crippen LogP) is 4.67. The lowest BCUT2D eigenvalue weighted by Crippen LogP contribution is -2.30. The summed E-state index contributed by atoms with van der Waals surface area (Å²) in [7, 11) is 0. The van der Waals surface area contributed by atoms with Crippen LogP contribution in [-0.2, 0) is 4.79 Å². The highest BCUT2D eigenvalue weighted by atomic mass is 35.5. The van der Waals surface area contributed by atoms with Crippen molar-refractivity contribution in [2.45, 2.75) is 33.8 Å². The van der Waals surface area contributed by atoms with Crippen LogP contribution in [0.2, 0.25) is 5.02 Å². The summed E-state index contributed by atoms with van der Waals surface area (Å²) in [5.41, 5.74) is 3.81. The number of nitrogens with one attached hydrogen (secondary N) is 1. The molecule has 0 aliphatic heterocycles. The van der Waals surface area contributed by atoms with Crippen LogP contribution in [0.4, 0.5) is 5.69 Å². The van der Waals surface area contributed by atoms with Gasteiger partial charge in [0.1, 0.15) is 5.75 Å². The summed E-state index contributed by atoms with van der Waals surface area (Å²) in [6.45, 7) is 7.63. The number of halogens is 1. The minimum atomic E-state index is -0.596. The zero-order valence-electron chi connectivity index (χ0n) is 13.2. The monoisotopic (exact) mass is 317 g/mol. The highest BCUT2D eigenvalue weighted by molar-refractivity contribution is 6.31. The number of hydrogen-bond acceptors (Lipinski definition) is 2. The number of anilines is 1. The molecule has 2 aromatic carbocycles. The van der Waals surface area contributed by atoms with Gasteiger partial charge in [0.2, 0.25) is 0 Å². The van der Waals surface area contributed by atoms with Crippen molar-refractivity contribution in [3.63, 3.8) is 0 Å². The zero-order valence-corrected chi connectivity index (χ0v) is 14.0. The molecule has 116 valence electrons. The molecule has 0 aromatic heterocycles. The molecule has 0 spiro atoms. The van der Waals surface area contributed by atoms with Crippen molar-refractivity contribution in [3.05, 3.63) is 58.1 Å². The fraction of sp³-hybridized carbons (Fsp3) is 0.278. The van der Waals surface area contributed by atoms with Gasteiger partial charge >= 0.3 is 0 Å². The second-order valence-corrected chi connectivity index (χ2v) is 5.89. The Kier molecular flexibility index (Phi) is 5.09. The number of rotatable bonds is 4. The van der Waals surface area contributed by atoms with Gasteiger partial charge < -0.3 is 10.1 Å². The standard InChI is InChI=1S/C18H20ClNO2/c1-11-5-8-17(13(3)9-11)22-14(4)18(21)20-15-7-6-12(2)16(19)10-15/h5-10,14H,1-4H3,(H,20,21). The van der Waals surface area contributed by atoms with E-state index in [-0.39, 0.29) is 5.91 Å². The average molecular weight is 318 g/mol. The minimum absolute atomic E-state index is 0.208. The molecule has 1 unspecified atom stereocenters. The maximum Gasteiger partial charge on any atom is 0.265 e. The summed E-state index contributed by atoms with van der Waals surface area (Å²) >= 11 is 6.06. The number of amides is 1. The van der Waals surface area contributed by atoms with Gasteiger partial charge in [0.05, 0.1) is 0 Å². The van der Waals surface area contributed by atoms with Crippen molar-refractivity contribution in [2.75, 3.05) is 5.32 Å². The first kappa shape index (κ1) is 16.4. The van der Waals surface area contributed by atoms with Crippen molar-refractivity contribution >= 4 is 23.2 Å². The second kappa shape index (κ2) is 6.84. The van der Waals surface area contributed by atoms with Gasteiger partial charge in [0.15, 0.2) is 6.10 Å². The maximum absolute atomic E-state index is 12.2. The molecular formula is C18H20ClNO2. The summed E-state index contributed by atoms with van der Waals surface area (Å²) < 4.78 is 5.74. The van der Waals surface area contributed by atoms with E-state index in [2.05, 4.69) is 5.32 Å². The van der Waals surface area contributed by atoms with Crippen LogP contribution >= 0.6 is 11.6 Å². The Bertz CT molecular complexity index is 697. The van der Waals surface area contributed by atoms with E-state index in [1.807, 2.05) is 51.1 Å². The molecule has 0 fully saturated rings. The van der Waals surface area contributed by atoms with E-state index in [4.69, 9.17) is 16.3 Å². The van der Waals surface area contributed by atoms with Crippen molar-refractivity contribution in [3.8, 4) is 5.75 Å². The number of ether oxygens (including phenoxy) is 1. The van der Waals surface area contributed by atoms with Crippen LogP contribution in [0.1, 0.15) is 23.6 Å². The first-order chi connectivity index (χ1) is 10.4. The molecule has 2 aromatic rings. The lowest BCUT2D eigenvalue weighted by molar-refractivity contribution is -0.122. The molecule has 0 aliphatic carbocycles. The number of carbonyl (C=O) groups is 1. The molecule has 1 N–H and O–H groups in total. The lowest BCUT2D eigenvalue weighted by Gasteiger charge is -2.17. The van der Waals surface area contributed by atoms with Crippen molar-refractivity contribution < 1.29 is 9.53 Å². The van der Waals surface area contributed by atoms with Crippen LogP contribution in [0.15, 0.2) is 36.4 Å². The molecule has 4 heteroatoms. The number of benzene rings is 2. The molecule has 2 rings (SSSR count). The molecule has 0 saturated carbocycles. The third-order valence-electron chi connectivity index (χ3n) is 3.44. The van der Waals surface area contributed by atoms with Gasteiger partial charge in [-0.15, -0.1) is 0 Å². The van der Waals surface area contributed by atoms with Crippen LogP contribution in [0.5, 0.6) is 5.75 Å². The number of aryl methyl sites for hydroxylation is 3.